The second kappa shape index (κ2) is 11.5. The Morgan fingerprint density at radius 2 is 1.88 bits per heavy atom. The van der Waals surface area contributed by atoms with E-state index in [1.807, 2.05) is 17.0 Å². The maximum absolute atomic E-state index is 12.5. The van der Waals surface area contributed by atoms with Gasteiger partial charge in [-0.2, -0.15) is 0 Å². The van der Waals surface area contributed by atoms with Crippen molar-refractivity contribution < 1.29 is 14.7 Å². The minimum atomic E-state index is -0.415. The monoisotopic (exact) mass is 455 g/mol. The Hall–Kier alpha value is -1.92. The number of piperidine rings is 1. The Morgan fingerprint density at radius 1 is 1.06 bits per heavy atom. The van der Waals surface area contributed by atoms with E-state index >= 15 is 0 Å². The van der Waals surface area contributed by atoms with Crippen molar-refractivity contribution in [2.45, 2.75) is 88.6 Å². The lowest BCUT2D eigenvalue weighted by Crippen LogP contribution is -2.46. The van der Waals surface area contributed by atoms with E-state index in [1.165, 1.54) is 50.5 Å². The van der Waals surface area contributed by atoms with Crippen molar-refractivity contribution >= 4 is 11.8 Å². The SMILES string of the molecule is NC(=O)c1cccc(C2CC3CCC(N3)C2CCN(CCCC2CCCCC2)C(=O)CO)c1. The third kappa shape index (κ3) is 6.15. The maximum atomic E-state index is 12.5. The van der Waals surface area contributed by atoms with Gasteiger partial charge in [0.1, 0.15) is 6.61 Å². The number of nitrogens with two attached hydrogens (primary N) is 1. The predicted octanol–water partition coefficient (Wildman–Crippen LogP) is 3.58. The van der Waals surface area contributed by atoms with Crippen LogP contribution in [0.3, 0.4) is 0 Å². The van der Waals surface area contributed by atoms with Gasteiger partial charge in [0, 0.05) is 30.7 Å². The number of carbonyl (C=O) groups excluding carboxylic acids is 2. The standard InChI is InChI=1S/C27H41N3O3/c28-27(33)21-10-4-9-20(16-21)24-17-22-11-12-25(29-22)23(24)13-15-30(26(32)18-31)14-5-8-19-6-2-1-3-7-19/h4,9-10,16,19,22-25,29,31H,1-3,5-8,11-15,17-18H2,(H2,28,33). The Bertz CT molecular complexity index is 808. The zero-order chi connectivity index (χ0) is 23.2. The van der Waals surface area contributed by atoms with Gasteiger partial charge in [-0.05, 0) is 74.0 Å². The number of nitrogens with one attached hydrogen (secondary N) is 1. The number of amides is 2. The van der Waals surface area contributed by atoms with E-state index < -0.39 is 6.61 Å². The second-order valence-corrected chi connectivity index (χ2v) is 10.5. The Morgan fingerprint density at radius 3 is 2.64 bits per heavy atom. The molecule has 1 aromatic rings. The van der Waals surface area contributed by atoms with Gasteiger partial charge < -0.3 is 21.1 Å². The molecule has 4 N–H and O–H groups in total. The fourth-order valence-electron chi connectivity index (χ4n) is 6.66. The van der Waals surface area contributed by atoms with Gasteiger partial charge in [0.2, 0.25) is 11.8 Å². The van der Waals surface area contributed by atoms with E-state index in [0.29, 0.717) is 36.0 Å². The number of benzene rings is 1. The van der Waals surface area contributed by atoms with Crippen LogP contribution in [0.25, 0.3) is 0 Å². The fourth-order valence-corrected chi connectivity index (χ4v) is 6.66. The van der Waals surface area contributed by atoms with Crippen LogP contribution in [0, 0.1) is 11.8 Å². The highest BCUT2D eigenvalue weighted by molar-refractivity contribution is 5.92. The first kappa shape index (κ1) is 24.2. The molecule has 3 fully saturated rings. The average Bonchev–Trinajstić information content (AvgIpc) is 3.24. The average molecular weight is 456 g/mol. The summed E-state index contributed by atoms with van der Waals surface area (Å²) >= 11 is 0. The first-order chi connectivity index (χ1) is 16.0. The Labute approximate surface area is 198 Å². The van der Waals surface area contributed by atoms with Crippen molar-refractivity contribution in [1.29, 1.82) is 0 Å². The van der Waals surface area contributed by atoms with Crippen molar-refractivity contribution in [1.82, 2.24) is 10.2 Å². The summed E-state index contributed by atoms with van der Waals surface area (Å²) < 4.78 is 0. The van der Waals surface area contributed by atoms with E-state index in [4.69, 9.17) is 5.73 Å². The van der Waals surface area contributed by atoms with Crippen molar-refractivity contribution in [3.63, 3.8) is 0 Å². The van der Waals surface area contributed by atoms with E-state index in [2.05, 4.69) is 11.4 Å². The number of fused-ring (bicyclic) bond motifs is 2. The Kier molecular flexibility index (Phi) is 8.42. The summed E-state index contributed by atoms with van der Waals surface area (Å²) in [4.78, 5) is 26.1. The molecule has 0 radical (unpaired) electrons. The molecule has 2 bridgehead atoms. The largest absolute Gasteiger partial charge is 0.387 e. The lowest BCUT2D eigenvalue weighted by atomic mass is 9.75. The molecule has 4 rings (SSSR count). The molecule has 182 valence electrons. The Balaban J connectivity index is 1.40. The summed E-state index contributed by atoms with van der Waals surface area (Å²) in [6.07, 6.45) is 13.2. The van der Waals surface area contributed by atoms with E-state index in [-0.39, 0.29) is 11.8 Å². The molecule has 6 nitrogen and oxygen atoms in total. The molecule has 2 saturated heterocycles. The number of rotatable bonds is 10. The first-order valence-corrected chi connectivity index (χ1v) is 13.1. The third-order valence-corrected chi connectivity index (χ3v) is 8.43. The second-order valence-electron chi connectivity index (χ2n) is 10.5. The van der Waals surface area contributed by atoms with Crippen molar-refractivity contribution in [3.8, 4) is 0 Å². The highest BCUT2D eigenvalue weighted by Crippen LogP contribution is 2.43. The van der Waals surface area contributed by atoms with Gasteiger partial charge in [0.05, 0.1) is 0 Å². The summed E-state index contributed by atoms with van der Waals surface area (Å²) in [5.74, 6) is 1.03. The van der Waals surface area contributed by atoms with Crippen LogP contribution in [-0.2, 0) is 4.79 Å². The van der Waals surface area contributed by atoms with Gasteiger partial charge in [-0.15, -0.1) is 0 Å². The third-order valence-electron chi connectivity index (χ3n) is 8.43. The molecule has 4 atom stereocenters. The highest BCUT2D eigenvalue weighted by Gasteiger charge is 2.42. The number of nitrogens with zero attached hydrogens (tertiary/aromatic N) is 1. The summed E-state index contributed by atoms with van der Waals surface area (Å²) in [6.45, 7) is 1.01. The van der Waals surface area contributed by atoms with E-state index in [9.17, 15) is 14.7 Å². The van der Waals surface area contributed by atoms with Gasteiger partial charge in [0.15, 0.2) is 0 Å². The van der Waals surface area contributed by atoms with Crippen LogP contribution in [0.5, 0.6) is 0 Å². The number of aliphatic hydroxyl groups excluding tert-OH is 1. The van der Waals surface area contributed by atoms with Crippen LogP contribution < -0.4 is 11.1 Å². The zero-order valence-corrected chi connectivity index (χ0v) is 19.9. The molecule has 2 heterocycles. The molecular formula is C27H41N3O3. The molecule has 2 aliphatic heterocycles. The van der Waals surface area contributed by atoms with Crippen molar-refractivity contribution in [2.75, 3.05) is 19.7 Å². The molecule has 1 aliphatic carbocycles. The van der Waals surface area contributed by atoms with Gasteiger partial charge in [-0.25, -0.2) is 0 Å². The topological polar surface area (TPSA) is 95.7 Å². The number of primary amides is 1. The van der Waals surface area contributed by atoms with Gasteiger partial charge in [0.25, 0.3) is 0 Å². The predicted molar refractivity (Wildman–Crippen MR) is 130 cm³/mol. The highest BCUT2D eigenvalue weighted by atomic mass is 16.3. The number of aliphatic hydroxyl groups is 1. The first-order valence-electron chi connectivity index (χ1n) is 13.1. The number of carbonyl (C=O) groups is 2. The molecule has 3 aliphatic rings. The van der Waals surface area contributed by atoms with E-state index in [0.717, 1.165) is 38.1 Å². The molecule has 0 aromatic heterocycles. The number of hydrogen-bond acceptors (Lipinski definition) is 4. The van der Waals surface area contributed by atoms with Crippen LogP contribution in [-0.4, -0.2) is 53.6 Å². The van der Waals surface area contributed by atoms with Crippen LogP contribution in [0.2, 0.25) is 0 Å². The summed E-state index contributed by atoms with van der Waals surface area (Å²) in [5, 5.41) is 13.3. The minimum Gasteiger partial charge on any atom is -0.387 e. The maximum Gasteiger partial charge on any atom is 0.248 e. The summed E-state index contributed by atoms with van der Waals surface area (Å²) in [5.41, 5.74) is 7.30. The molecule has 2 amide bonds. The fraction of sp³-hybridized carbons (Fsp3) is 0.704. The van der Waals surface area contributed by atoms with Crippen LogP contribution in [0.4, 0.5) is 0 Å². The van der Waals surface area contributed by atoms with Crippen molar-refractivity contribution in [2.24, 2.45) is 17.6 Å². The molecule has 33 heavy (non-hydrogen) atoms. The quantitative estimate of drug-likeness (QED) is 0.502. The summed E-state index contributed by atoms with van der Waals surface area (Å²) in [7, 11) is 0. The van der Waals surface area contributed by atoms with E-state index in [1.54, 1.807) is 6.07 Å². The molecule has 0 spiro atoms. The molecule has 1 saturated carbocycles. The zero-order valence-electron chi connectivity index (χ0n) is 19.9. The minimum absolute atomic E-state index is 0.154. The number of hydrogen-bond donors (Lipinski definition) is 3. The van der Waals surface area contributed by atoms with Crippen molar-refractivity contribution in [3.05, 3.63) is 35.4 Å². The molecule has 4 unspecified atom stereocenters. The van der Waals surface area contributed by atoms with Gasteiger partial charge >= 0.3 is 0 Å². The summed E-state index contributed by atoms with van der Waals surface area (Å²) in [6, 6.07) is 8.77. The van der Waals surface area contributed by atoms with Gasteiger partial charge in [-0.3, -0.25) is 9.59 Å². The van der Waals surface area contributed by atoms with Crippen LogP contribution >= 0.6 is 0 Å². The van der Waals surface area contributed by atoms with Gasteiger partial charge in [-0.1, -0.05) is 44.2 Å². The molecule has 6 heteroatoms. The van der Waals surface area contributed by atoms with Crippen LogP contribution in [0.15, 0.2) is 24.3 Å². The lowest BCUT2D eigenvalue weighted by molar-refractivity contribution is -0.134. The smallest absolute Gasteiger partial charge is 0.248 e. The molecular weight excluding hydrogens is 414 g/mol. The van der Waals surface area contributed by atoms with Crippen LogP contribution in [0.1, 0.15) is 92.5 Å². The normalized spacial score (nSPS) is 27.4. The molecule has 1 aromatic carbocycles. The lowest BCUT2D eigenvalue weighted by Gasteiger charge is -2.39.